The lowest BCUT2D eigenvalue weighted by atomic mass is 9.92. The number of benzene rings is 1. The third-order valence-corrected chi connectivity index (χ3v) is 12.5. The molecular weight excluding hydrogens is 847 g/mol. The Hall–Kier alpha value is -4.69. The third-order valence-electron chi connectivity index (χ3n) is 11.6. The lowest BCUT2D eigenvalue weighted by Gasteiger charge is -2.38. The van der Waals surface area contributed by atoms with Crippen molar-refractivity contribution in [3.63, 3.8) is 0 Å². The van der Waals surface area contributed by atoms with Crippen molar-refractivity contribution in [3.8, 4) is 5.75 Å². The predicted octanol–water partition coefficient (Wildman–Crippen LogP) is 4.11. The number of phenolic OH excluding ortho intramolecular Hbond substituents is 1. The maximum Gasteiger partial charge on any atom is 0.306 e. The number of ether oxygens (including phenoxy) is 3. The quantitative estimate of drug-likeness (QED) is 0.0419. The summed E-state index contributed by atoms with van der Waals surface area (Å²) >= 11 is 1.12. The molecule has 1 aliphatic heterocycles. The molecule has 0 radical (unpaired) electrons. The lowest BCUT2D eigenvalue weighted by molar-refractivity contribution is -0.149. The molecule has 0 saturated carbocycles. The fraction of sp³-hybridized carbons (Fsp3) is 0.667. The molecular formula is C45H71N7O11S. The first-order valence-corrected chi connectivity index (χ1v) is 23.1. The molecule has 4 amide bonds. The second-order valence-corrected chi connectivity index (χ2v) is 17.9. The number of nitrogens with zero attached hydrogens (tertiary/aromatic N) is 3. The fourth-order valence-electron chi connectivity index (χ4n) is 7.62. The van der Waals surface area contributed by atoms with E-state index in [1.54, 1.807) is 24.1 Å². The zero-order valence-electron chi connectivity index (χ0n) is 38.7. The van der Waals surface area contributed by atoms with Crippen LogP contribution in [-0.4, -0.2) is 138 Å². The number of esters is 1. The Kier molecular flexibility index (Phi) is 22.6. The number of nitrogens with one attached hydrogen (secondary N) is 3. The Morgan fingerprint density at radius 2 is 1.72 bits per heavy atom. The molecule has 2 unspecified atom stereocenters. The number of thiazole rings is 1. The fourth-order valence-corrected chi connectivity index (χ4v) is 8.46. The molecule has 7 N–H and O–H groups in total. The van der Waals surface area contributed by atoms with Crippen molar-refractivity contribution in [2.24, 2.45) is 23.5 Å². The van der Waals surface area contributed by atoms with Gasteiger partial charge in [0, 0.05) is 44.4 Å². The van der Waals surface area contributed by atoms with Gasteiger partial charge in [-0.05, 0) is 68.8 Å². The minimum absolute atomic E-state index is 0.0210. The Morgan fingerprint density at radius 1 is 1.02 bits per heavy atom. The molecule has 64 heavy (non-hydrogen) atoms. The highest BCUT2D eigenvalue weighted by Gasteiger charge is 2.37. The van der Waals surface area contributed by atoms with Crippen LogP contribution in [0.25, 0.3) is 0 Å². The molecule has 7 atom stereocenters. The summed E-state index contributed by atoms with van der Waals surface area (Å²) in [5.41, 5.74) is 6.16. The average Bonchev–Trinajstić information content (AvgIpc) is 3.75. The average molecular weight is 918 g/mol. The topological polar surface area (TPSA) is 252 Å². The Bertz CT molecular complexity index is 1840. The molecule has 18 nitrogen and oxygen atoms in total. The van der Waals surface area contributed by atoms with E-state index in [0.29, 0.717) is 43.4 Å². The molecule has 0 spiro atoms. The number of amides is 4. The summed E-state index contributed by atoms with van der Waals surface area (Å²) < 4.78 is 16.5. The SMILES string of the molecule is CC[C@H](C)[C@H](NC(=O)C1CCCCN1C)C(=O)N(C)[C@H](C[C@@H](OC(C)=O)c1nc(C(=O)N[C@@H](Cc2ccc(O)c(NC(=O)CCOCCOCCN)c2)CC(C)C(=O)O)cs1)C(C)C. The van der Waals surface area contributed by atoms with Gasteiger partial charge in [0.15, 0.2) is 6.10 Å². The van der Waals surface area contributed by atoms with Gasteiger partial charge >= 0.3 is 11.9 Å². The summed E-state index contributed by atoms with van der Waals surface area (Å²) in [6.07, 6.45) is 2.80. The number of hydrogen-bond donors (Lipinski definition) is 6. The van der Waals surface area contributed by atoms with Crippen LogP contribution in [0.5, 0.6) is 5.75 Å². The first-order chi connectivity index (χ1) is 30.4. The van der Waals surface area contributed by atoms with Crippen LogP contribution in [0, 0.1) is 17.8 Å². The molecule has 1 fully saturated rings. The highest BCUT2D eigenvalue weighted by Crippen LogP contribution is 2.32. The minimum atomic E-state index is -1.05. The molecule has 1 aromatic heterocycles. The van der Waals surface area contributed by atoms with Gasteiger partial charge in [0.2, 0.25) is 17.7 Å². The molecule has 19 heteroatoms. The first-order valence-electron chi connectivity index (χ1n) is 22.3. The number of carboxylic acid groups (broad SMARTS) is 1. The molecule has 1 aromatic carbocycles. The van der Waals surface area contributed by atoms with Gasteiger partial charge in [0.05, 0.1) is 50.5 Å². The number of likely N-dealkylation sites (tertiary alicyclic amines) is 1. The van der Waals surface area contributed by atoms with E-state index in [0.717, 1.165) is 37.1 Å². The van der Waals surface area contributed by atoms with Gasteiger partial charge in [0.25, 0.3) is 5.91 Å². The third kappa shape index (κ3) is 17.0. The van der Waals surface area contributed by atoms with Gasteiger partial charge in [-0.1, -0.05) is 53.5 Å². The summed E-state index contributed by atoms with van der Waals surface area (Å²) in [6, 6.07) is 2.34. The van der Waals surface area contributed by atoms with Crippen molar-refractivity contribution >= 4 is 52.6 Å². The Labute approximate surface area is 381 Å². The second kappa shape index (κ2) is 26.9. The van der Waals surface area contributed by atoms with Crippen LogP contribution in [0.3, 0.4) is 0 Å². The first kappa shape index (κ1) is 53.6. The van der Waals surface area contributed by atoms with Gasteiger partial charge < -0.3 is 51.0 Å². The van der Waals surface area contributed by atoms with Crippen LogP contribution in [0.15, 0.2) is 23.6 Å². The van der Waals surface area contributed by atoms with Crippen LogP contribution in [-0.2, 0) is 44.6 Å². The molecule has 1 saturated heterocycles. The van der Waals surface area contributed by atoms with E-state index in [4.69, 9.17) is 19.9 Å². The van der Waals surface area contributed by atoms with Crippen LogP contribution in [0.4, 0.5) is 5.69 Å². The van der Waals surface area contributed by atoms with Crippen LogP contribution < -0.4 is 21.7 Å². The number of carboxylic acids is 1. The molecule has 0 bridgehead atoms. The largest absolute Gasteiger partial charge is 0.506 e. The van der Waals surface area contributed by atoms with E-state index in [-0.39, 0.29) is 79.1 Å². The number of aromatic hydroxyl groups is 1. The second-order valence-electron chi connectivity index (χ2n) is 17.0. The summed E-state index contributed by atoms with van der Waals surface area (Å²) in [7, 11) is 3.61. The molecule has 1 aliphatic rings. The number of aliphatic carboxylic acids is 1. The van der Waals surface area contributed by atoms with Crippen molar-refractivity contribution < 1.29 is 53.2 Å². The van der Waals surface area contributed by atoms with Gasteiger partial charge in [-0.15, -0.1) is 11.3 Å². The predicted molar refractivity (Wildman–Crippen MR) is 243 cm³/mol. The standard InChI is InChI=1S/C45H71N7O11S/c1-9-28(4)40(50-42(57)35-12-10-11-17-51(35)7)44(58)52(8)36(27(2)3)25-38(63-30(6)53)43-49-34(26-64-43)41(56)47-32(22-29(5)45(59)60)23-31-13-14-37(54)33(24-31)48-39(55)15-18-61-20-21-62-19-16-46/h13-14,24,26-29,32,35-36,38,40,54H,9-12,15-23,25,46H2,1-8H3,(H,47,56)(H,48,55)(H,50,57)(H,59,60)/t28-,29?,32+,35?,36+,38+,40-/m0/s1. The van der Waals surface area contributed by atoms with Crippen LogP contribution in [0.2, 0.25) is 0 Å². The van der Waals surface area contributed by atoms with Gasteiger partial charge in [0.1, 0.15) is 22.5 Å². The van der Waals surface area contributed by atoms with Gasteiger partial charge in [-0.25, -0.2) is 4.98 Å². The number of phenols is 1. The zero-order valence-corrected chi connectivity index (χ0v) is 39.5. The summed E-state index contributed by atoms with van der Waals surface area (Å²) in [6.45, 7) is 13.0. The summed E-state index contributed by atoms with van der Waals surface area (Å²) in [5.74, 6) is -4.31. The zero-order chi connectivity index (χ0) is 47.5. The lowest BCUT2D eigenvalue weighted by Crippen LogP contribution is -2.58. The number of nitrogens with two attached hydrogens (primary N) is 1. The van der Waals surface area contributed by atoms with Crippen LogP contribution in [0.1, 0.15) is 114 Å². The number of anilines is 1. The van der Waals surface area contributed by atoms with Crippen molar-refractivity contribution in [1.29, 1.82) is 0 Å². The maximum absolute atomic E-state index is 14.3. The minimum Gasteiger partial charge on any atom is -0.506 e. The number of likely N-dealkylation sites (N-methyl/N-ethyl adjacent to an activating group) is 2. The molecule has 2 aromatic rings. The monoisotopic (exact) mass is 917 g/mol. The van der Waals surface area contributed by atoms with E-state index in [1.807, 2.05) is 39.6 Å². The number of rotatable bonds is 27. The van der Waals surface area contributed by atoms with E-state index in [2.05, 4.69) is 20.9 Å². The Balaban J connectivity index is 1.78. The highest BCUT2D eigenvalue weighted by molar-refractivity contribution is 7.09. The van der Waals surface area contributed by atoms with Crippen LogP contribution >= 0.6 is 11.3 Å². The number of carbonyl (C=O) groups is 6. The number of piperidine rings is 1. The molecule has 2 heterocycles. The smallest absolute Gasteiger partial charge is 0.306 e. The van der Waals surface area contributed by atoms with E-state index in [9.17, 15) is 39.0 Å². The van der Waals surface area contributed by atoms with E-state index >= 15 is 0 Å². The number of hydrogen-bond acceptors (Lipinski definition) is 14. The van der Waals surface area contributed by atoms with E-state index < -0.39 is 53.9 Å². The van der Waals surface area contributed by atoms with Gasteiger partial charge in [-0.3, -0.25) is 33.7 Å². The van der Waals surface area contributed by atoms with E-state index in [1.165, 1.54) is 25.3 Å². The molecule has 3 rings (SSSR count). The van der Waals surface area contributed by atoms with Crippen molar-refractivity contribution in [2.45, 2.75) is 123 Å². The molecule has 358 valence electrons. The summed E-state index contributed by atoms with van der Waals surface area (Å²) in [5, 5.41) is 30.8. The van der Waals surface area contributed by atoms with Crippen molar-refractivity contribution in [3.05, 3.63) is 39.8 Å². The van der Waals surface area contributed by atoms with Crippen molar-refractivity contribution in [1.82, 2.24) is 25.4 Å². The van der Waals surface area contributed by atoms with Crippen molar-refractivity contribution in [2.75, 3.05) is 58.9 Å². The normalized spacial score (nSPS) is 17.1. The summed E-state index contributed by atoms with van der Waals surface area (Å²) in [4.78, 5) is 86.9. The van der Waals surface area contributed by atoms with Gasteiger partial charge in [-0.2, -0.15) is 0 Å². The number of carbonyl (C=O) groups excluding carboxylic acids is 5. The maximum atomic E-state index is 14.3. The highest BCUT2D eigenvalue weighted by atomic mass is 32.1. The number of aromatic nitrogens is 1. The Morgan fingerprint density at radius 3 is 2.34 bits per heavy atom. The molecule has 0 aliphatic carbocycles.